The normalized spacial score (nSPS) is 16.2. The number of methoxy groups -OCH3 is 1. The fraction of sp³-hybridized carbons (Fsp3) is 0.414. The average molecular weight is 531 g/mol. The van der Waals surface area contributed by atoms with Gasteiger partial charge in [-0.2, -0.15) is 0 Å². The topological polar surface area (TPSA) is 65.8 Å². The SMILES string of the molecule is COc1ccc2ncc(CF)c(C(O)CCC3(CO)CCN(CC#Cc4cc(F)cc(F)c4F)CC3)c2c1. The number of benzene rings is 2. The van der Waals surface area contributed by atoms with Crippen molar-refractivity contribution in [2.24, 2.45) is 5.41 Å². The number of halogens is 4. The molecule has 1 fully saturated rings. The van der Waals surface area contributed by atoms with Crippen molar-refractivity contribution in [1.29, 1.82) is 0 Å². The van der Waals surface area contributed by atoms with Gasteiger partial charge in [-0.25, -0.2) is 17.6 Å². The van der Waals surface area contributed by atoms with Crippen LogP contribution >= 0.6 is 0 Å². The number of ether oxygens (including phenoxy) is 1. The number of aromatic nitrogens is 1. The zero-order valence-corrected chi connectivity index (χ0v) is 21.1. The van der Waals surface area contributed by atoms with Crippen LogP contribution in [0.1, 0.15) is 48.5 Å². The first kappa shape index (κ1) is 27.8. The van der Waals surface area contributed by atoms with Crippen LogP contribution in [0, 0.1) is 34.7 Å². The third-order valence-corrected chi connectivity index (χ3v) is 7.40. The molecule has 2 aromatic carbocycles. The van der Waals surface area contributed by atoms with Gasteiger partial charge >= 0.3 is 0 Å². The molecular formula is C29H30F4N2O3. The van der Waals surface area contributed by atoms with Crippen LogP contribution in [-0.4, -0.2) is 53.4 Å². The van der Waals surface area contributed by atoms with Gasteiger partial charge < -0.3 is 14.9 Å². The largest absolute Gasteiger partial charge is 0.497 e. The fourth-order valence-corrected chi connectivity index (χ4v) is 5.01. The quantitative estimate of drug-likeness (QED) is 0.242. The molecule has 2 heterocycles. The molecule has 1 aromatic heterocycles. The highest BCUT2D eigenvalue weighted by molar-refractivity contribution is 5.85. The van der Waals surface area contributed by atoms with Crippen molar-refractivity contribution in [3.8, 4) is 17.6 Å². The smallest absolute Gasteiger partial charge is 0.174 e. The third kappa shape index (κ3) is 6.09. The van der Waals surface area contributed by atoms with Crippen LogP contribution in [-0.2, 0) is 6.67 Å². The van der Waals surface area contributed by atoms with Gasteiger partial charge in [-0.3, -0.25) is 9.88 Å². The fourth-order valence-electron chi connectivity index (χ4n) is 5.01. The van der Waals surface area contributed by atoms with Crippen molar-refractivity contribution in [2.45, 2.75) is 38.5 Å². The average Bonchev–Trinajstić information content (AvgIpc) is 2.94. The van der Waals surface area contributed by atoms with Gasteiger partial charge in [0.15, 0.2) is 11.6 Å². The number of aliphatic hydroxyl groups excluding tert-OH is 2. The summed E-state index contributed by atoms with van der Waals surface area (Å²) in [5.41, 5.74) is 0.688. The highest BCUT2D eigenvalue weighted by Gasteiger charge is 2.34. The maximum Gasteiger partial charge on any atom is 0.174 e. The second kappa shape index (κ2) is 12.1. The van der Waals surface area contributed by atoms with Gasteiger partial charge in [-0.15, -0.1) is 0 Å². The van der Waals surface area contributed by atoms with Gasteiger partial charge in [0.1, 0.15) is 18.2 Å². The van der Waals surface area contributed by atoms with E-state index in [0.29, 0.717) is 72.6 Å². The van der Waals surface area contributed by atoms with E-state index >= 15 is 0 Å². The van der Waals surface area contributed by atoms with Crippen molar-refractivity contribution >= 4 is 10.9 Å². The van der Waals surface area contributed by atoms with Crippen molar-refractivity contribution in [1.82, 2.24) is 9.88 Å². The molecular weight excluding hydrogens is 500 g/mol. The summed E-state index contributed by atoms with van der Waals surface area (Å²) in [6, 6.07) is 6.60. The Labute approximate surface area is 219 Å². The van der Waals surface area contributed by atoms with Gasteiger partial charge in [0.05, 0.1) is 30.8 Å². The molecule has 0 spiro atoms. The molecule has 1 atom stereocenters. The maximum atomic E-state index is 13.8. The number of piperidine rings is 1. The zero-order valence-electron chi connectivity index (χ0n) is 21.1. The van der Waals surface area contributed by atoms with E-state index in [1.54, 1.807) is 18.2 Å². The molecule has 0 amide bonds. The molecule has 0 radical (unpaired) electrons. The number of alkyl halides is 1. The zero-order chi connectivity index (χ0) is 27.3. The van der Waals surface area contributed by atoms with Crippen molar-refractivity contribution in [3.63, 3.8) is 0 Å². The van der Waals surface area contributed by atoms with Crippen molar-refractivity contribution in [2.75, 3.05) is 33.4 Å². The molecule has 0 aliphatic carbocycles. The van der Waals surface area contributed by atoms with Crippen molar-refractivity contribution < 1.29 is 32.5 Å². The molecule has 0 saturated carbocycles. The monoisotopic (exact) mass is 530 g/mol. The highest BCUT2D eigenvalue weighted by Crippen LogP contribution is 2.39. The number of hydrogen-bond donors (Lipinski definition) is 2. The lowest BCUT2D eigenvalue weighted by Crippen LogP contribution is -2.42. The predicted octanol–water partition coefficient (Wildman–Crippen LogP) is 5.07. The molecule has 1 unspecified atom stereocenters. The second-order valence-electron chi connectivity index (χ2n) is 9.75. The summed E-state index contributed by atoms with van der Waals surface area (Å²) >= 11 is 0. The second-order valence-corrected chi connectivity index (χ2v) is 9.75. The van der Waals surface area contributed by atoms with Gasteiger partial charge in [0, 0.05) is 29.8 Å². The number of fused-ring (bicyclic) bond motifs is 1. The number of rotatable bonds is 8. The Hall–Kier alpha value is -3.19. The molecule has 3 aromatic rings. The summed E-state index contributed by atoms with van der Waals surface area (Å²) in [4.78, 5) is 6.32. The first-order valence-electron chi connectivity index (χ1n) is 12.5. The highest BCUT2D eigenvalue weighted by atomic mass is 19.2. The van der Waals surface area contributed by atoms with E-state index in [9.17, 15) is 27.8 Å². The van der Waals surface area contributed by atoms with E-state index in [4.69, 9.17) is 4.74 Å². The van der Waals surface area contributed by atoms with Gasteiger partial charge in [-0.1, -0.05) is 11.8 Å². The number of likely N-dealkylation sites (tertiary alicyclic amines) is 1. The number of nitrogens with zero attached hydrogens (tertiary/aromatic N) is 2. The molecule has 202 valence electrons. The standard InChI is InChI=1S/C29H30F4N2O3/c1-38-22-4-5-25-23(15-22)27(20(16-30)17-34-25)26(37)6-7-29(18-36)8-11-35(12-9-29)10-2-3-19-13-21(31)14-24(32)28(19)33/h4-5,13-15,17,26,36-37H,6-12,16,18H2,1H3. The minimum atomic E-state index is -1.28. The van der Waals surface area contributed by atoms with E-state index in [1.165, 1.54) is 13.3 Å². The Morgan fingerprint density at radius 2 is 1.92 bits per heavy atom. The van der Waals surface area contributed by atoms with E-state index < -0.39 is 35.6 Å². The summed E-state index contributed by atoms with van der Waals surface area (Å²) in [6.45, 7) is 0.674. The Kier molecular flexibility index (Phi) is 8.87. The lowest BCUT2D eigenvalue weighted by Gasteiger charge is -2.40. The van der Waals surface area contributed by atoms with Crippen LogP contribution in [0.3, 0.4) is 0 Å². The van der Waals surface area contributed by atoms with Crippen LogP contribution in [0.15, 0.2) is 36.5 Å². The van der Waals surface area contributed by atoms with E-state index in [0.717, 1.165) is 6.07 Å². The first-order chi connectivity index (χ1) is 18.3. The lowest BCUT2D eigenvalue weighted by atomic mass is 9.74. The molecule has 9 heteroatoms. The number of aliphatic hydroxyl groups is 2. The first-order valence-corrected chi connectivity index (χ1v) is 12.5. The number of hydrogen-bond acceptors (Lipinski definition) is 5. The summed E-state index contributed by atoms with van der Waals surface area (Å²) in [5.74, 6) is 2.50. The third-order valence-electron chi connectivity index (χ3n) is 7.40. The Balaban J connectivity index is 1.40. The van der Waals surface area contributed by atoms with Gasteiger partial charge in [0.2, 0.25) is 0 Å². The minimum Gasteiger partial charge on any atom is -0.497 e. The summed E-state index contributed by atoms with van der Waals surface area (Å²) in [7, 11) is 1.53. The van der Waals surface area contributed by atoms with E-state index in [1.807, 2.05) is 4.90 Å². The Bertz CT molecular complexity index is 1340. The Morgan fingerprint density at radius 3 is 2.61 bits per heavy atom. The Morgan fingerprint density at radius 1 is 1.16 bits per heavy atom. The predicted molar refractivity (Wildman–Crippen MR) is 136 cm³/mol. The minimum absolute atomic E-state index is 0.0616. The maximum absolute atomic E-state index is 13.8. The van der Waals surface area contributed by atoms with Gasteiger partial charge in [0.25, 0.3) is 0 Å². The summed E-state index contributed by atoms with van der Waals surface area (Å²) in [6.07, 6.45) is 2.63. The molecule has 4 rings (SSSR count). The molecule has 1 aliphatic rings. The van der Waals surface area contributed by atoms with Crippen LogP contribution < -0.4 is 4.74 Å². The van der Waals surface area contributed by atoms with Crippen LogP contribution in [0.5, 0.6) is 5.75 Å². The van der Waals surface area contributed by atoms with E-state index in [2.05, 4.69) is 16.8 Å². The van der Waals surface area contributed by atoms with Crippen molar-refractivity contribution in [3.05, 3.63) is 70.7 Å². The molecule has 38 heavy (non-hydrogen) atoms. The van der Waals surface area contributed by atoms with Crippen LogP contribution in [0.25, 0.3) is 10.9 Å². The van der Waals surface area contributed by atoms with Crippen LogP contribution in [0.4, 0.5) is 17.6 Å². The molecule has 2 N–H and O–H groups in total. The lowest BCUT2D eigenvalue weighted by molar-refractivity contribution is 0.0272. The summed E-state index contributed by atoms with van der Waals surface area (Å²) in [5, 5.41) is 22.0. The van der Waals surface area contributed by atoms with Gasteiger partial charge in [-0.05, 0) is 74.0 Å². The van der Waals surface area contributed by atoms with E-state index in [-0.39, 0.29) is 18.7 Å². The summed E-state index contributed by atoms with van der Waals surface area (Å²) < 4.78 is 59.6. The molecule has 0 bridgehead atoms. The van der Waals surface area contributed by atoms with Crippen LogP contribution in [0.2, 0.25) is 0 Å². The number of pyridine rings is 1. The molecule has 1 saturated heterocycles. The molecule has 5 nitrogen and oxygen atoms in total. The molecule has 1 aliphatic heterocycles.